The quantitative estimate of drug-likeness (QED) is 0.296. The number of amides is 1. The van der Waals surface area contributed by atoms with Gasteiger partial charge in [-0.05, 0) is 48.4 Å². The molecule has 1 heterocycles. The molecule has 0 radical (unpaired) electrons. The molecule has 0 aliphatic carbocycles. The lowest BCUT2D eigenvalue weighted by molar-refractivity contribution is -0.115. The number of ether oxygens (including phenoxy) is 1. The molecule has 0 unspecified atom stereocenters. The van der Waals surface area contributed by atoms with E-state index in [-0.39, 0.29) is 18.3 Å². The van der Waals surface area contributed by atoms with Crippen LogP contribution in [0.2, 0.25) is 0 Å². The monoisotopic (exact) mass is 456 g/mol. The highest BCUT2D eigenvalue weighted by atomic mass is 32.1. The third kappa shape index (κ3) is 5.35. The average molecular weight is 457 g/mol. The number of hydrogen-bond acceptors (Lipinski definition) is 5. The van der Waals surface area contributed by atoms with Crippen LogP contribution in [-0.4, -0.2) is 16.7 Å². The van der Waals surface area contributed by atoms with Crippen molar-refractivity contribution >= 4 is 33.8 Å². The maximum atomic E-state index is 12.5. The molecule has 0 saturated carbocycles. The van der Waals surface area contributed by atoms with Crippen LogP contribution in [0.5, 0.6) is 5.75 Å². The maximum absolute atomic E-state index is 12.5. The van der Waals surface area contributed by atoms with E-state index in [1.807, 2.05) is 47.8 Å². The number of benzene rings is 3. The first-order valence-electron chi connectivity index (χ1n) is 10.7. The van der Waals surface area contributed by atoms with Gasteiger partial charge in [0.15, 0.2) is 10.9 Å². The third-order valence-corrected chi connectivity index (χ3v) is 6.06. The van der Waals surface area contributed by atoms with Gasteiger partial charge in [0.25, 0.3) is 0 Å². The molecule has 166 valence electrons. The molecule has 0 bridgehead atoms. The number of aromatic nitrogens is 1. The predicted octanol–water partition coefficient (Wildman–Crippen LogP) is 6.20. The topological polar surface area (TPSA) is 59.5 Å². The van der Waals surface area contributed by atoms with E-state index >= 15 is 0 Å². The van der Waals surface area contributed by atoms with E-state index in [4.69, 9.17) is 4.74 Å². The van der Waals surface area contributed by atoms with E-state index in [0.717, 1.165) is 17.8 Å². The molecule has 0 N–H and O–H groups in total. The lowest BCUT2D eigenvalue weighted by Gasteiger charge is -2.18. The van der Waals surface area contributed by atoms with Gasteiger partial charge in [0.1, 0.15) is 12.4 Å². The Morgan fingerprint density at radius 2 is 1.58 bits per heavy atom. The Balaban J connectivity index is 1.42. The van der Waals surface area contributed by atoms with Gasteiger partial charge in [0.05, 0.1) is 11.4 Å². The summed E-state index contributed by atoms with van der Waals surface area (Å²) in [5, 5.41) is 2.49. The fraction of sp³-hybridized carbons (Fsp3) is 0.148. The Kier molecular flexibility index (Phi) is 6.95. The van der Waals surface area contributed by atoms with E-state index < -0.39 is 0 Å². The molecule has 33 heavy (non-hydrogen) atoms. The summed E-state index contributed by atoms with van der Waals surface area (Å²) < 4.78 is 5.85. The second-order valence-corrected chi connectivity index (χ2v) is 8.34. The van der Waals surface area contributed by atoms with Crippen LogP contribution in [0.15, 0.2) is 84.2 Å². The minimum absolute atomic E-state index is 0.0254. The van der Waals surface area contributed by atoms with Gasteiger partial charge in [-0.2, -0.15) is 0 Å². The molecule has 4 aromatic rings. The third-order valence-electron chi connectivity index (χ3n) is 5.19. The lowest BCUT2D eigenvalue weighted by atomic mass is 10.0. The number of anilines is 2. The molecule has 4 rings (SSSR count). The molecule has 1 amide bonds. The number of hydrogen-bond donors (Lipinski definition) is 0. The Morgan fingerprint density at radius 1 is 0.909 bits per heavy atom. The van der Waals surface area contributed by atoms with Crippen LogP contribution in [0.25, 0.3) is 0 Å². The van der Waals surface area contributed by atoms with Crippen molar-refractivity contribution in [3.05, 3.63) is 107 Å². The molecule has 0 fully saturated rings. The molecule has 5 nitrogen and oxygen atoms in total. The zero-order chi connectivity index (χ0) is 23.2. The van der Waals surface area contributed by atoms with Crippen molar-refractivity contribution in [2.24, 2.45) is 0 Å². The Bertz CT molecular complexity index is 1230. The van der Waals surface area contributed by atoms with Gasteiger partial charge >= 0.3 is 0 Å². The van der Waals surface area contributed by atoms with E-state index in [1.165, 1.54) is 23.8 Å². The minimum atomic E-state index is -0.0975. The average Bonchev–Trinajstić information content (AvgIpc) is 3.32. The largest absolute Gasteiger partial charge is 0.487 e. The molecular weight excluding hydrogens is 432 g/mol. The summed E-state index contributed by atoms with van der Waals surface area (Å²) in [6.45, 7) is 3.89. The zero-order valence-electron chi connectivity index (χ0n) is 18.5. The fourth-order valence-electron chi connectivity index (χ4n) is 3.39. The van der Waals surface area contributed by atoms with Gasteiger partial charge in [-0.1, -0.05) is 49.4 Å². The van der Waals surface area contributed by atoms with E-state index in [2.05, 4.69) is 11.9 Å². The molecule has 1 aromatic heterocycles. The number of ketones is 1. The van der Waals surface area contributed by atoms with Crippen LogP contribution >= 0.6 is 11.3 Å². The smallest absolute Gasteiger partial charge is 0.230 e. The molecule has 0 aliphatic heterocycles. The fourth-order valence-corrected chi connectivity index (χ4v) is 4.26. The summed E-state index contributed by atoms with van der Waals surface area (Å²) in [5.74, 6) is 0.523. The van der Waals surface area contributed by atoms with E-state index in [1.54, 1.807) is 41.3 Å². The molecule has 0 spiro atoms. The first kappa shape index (κ1) is 22.4. The van der Waals surface area contributed by atoms with Crippen LogP contribution in [-0.2, 0) is 17.8 Å². The highest BCUT2D eigenvalue weighted by molar-refractivity contribution is 7.14. The van der Waals surface area contributed by atoms with Gasteiger partial charge in [-0.15, -0.1) is 11.3 Å². The van der Waals surface area contributed by atoms with Crippen molar-refractivity contribution in [1.82, 2.24) is 4.98 Å². The molecule has 0 atom stereocenters. The standard InChI is InChI=1S/C27H24N2O3S/c1-3-20-9-13-24(14-10-20)29(19(2)30)27-28-23(18-33-27)17-32-25-15-11-22(12-16-25)26(31)21-7-5-4-6-8-21/h4-16,18H,3,17H2,1-2H3. The minimum Gasteiger partial charge on any atom is -0.487 e. The van der Waals surface area contributed by atoms with Crippen molar-refractivity contribution in [3.63, 3.8) is 0 Å². The number of aryl methyl sites for hydroxylation is 1. The number of carbonyl (C=O) groups excluding carboxylic acids is 2. The summed E-state index contributed by atoms with van der Waals surface area (Å²) in [7, 11) is 0. The molecule has 0 aliphatic rings. The predicted molar refractivity (Wildman–Crippen MR) is 131 cm³/mol. The Morgan fingerprint density at radius 3 is 2.21 bits per heavy atom. The van der Waals surface area contributed by atoms with Gasteiger partial charge < -0.3 is 4.74 Å². The van der Waals surface area contributed by atoms with Gasteiger partial charge in [0.2, 0.25) is 5.91 Å². The SMILES string of the molecule is CCc1ccc(N(C(C)=O)c2nc(COc3ccc(C(=O)c4ccccc4)cc3)cs2)cc1. The van der Waals surface area contributed by atoms with E-state index in [0.29, 0.717) is 22.0 Å². The summed E-state index contributed by atoms with van der Waals surface area (Å²) in [6, 6.07) is 24.2. The van der Waals surface area contributed by atoms with Crippen molar-refractivity contribution in [2.75, 3.05) is 4.90 Å². The Hall–Kier alpha value is -3.77. The highest BCUT2D eigenvalue weighted by Gasteiger charge is 2.18. The normalized spacial score (nSPS) is 10.6. The second kappa shape index (κ2) is 10.2. The number of rotatable bonds is 8. The van der Waals surface area contributed by atoms with Crippen LogP contribution in [0.4, 0.5) is 10.8 Å². The maximum Gasteiger partial charge on any atom is 0.230 e. The molecular formula is C27H24N2O3S. The molecule has 0 saturated heterocycles. The van der Waals surface area contributed by atoms with Crippen molar-refractivity contribution in [3.8, 4) is 5.75 Å². The summed E-state index contributed by atoms with van der Waals surface area (Å²) in [6.07, 6.45) is 0.945. The Labute approximate surface area is 197 Å². The van der Waals surface area contributed by atoms with Crippen LogP contribution < -0.4 is 9.64 Å². The van der Waals surface area contributed by atoms with Crippen LogP contribution in [0, 0.1) is 0 Å². The number of thiazole rings is 1. The lowest BCUT2D eigenvalue weighted by Crippen LogP contribution is -2.22. The van der Waals surface area contributed by atoms with Crippen molar-refractivity contribution in [1.29, 1.82) is 0 Å². The van der Waals surface area contributed by atoms with Crippen molar-refractivity contribution in [2.45, 2.75) is 26.9 Å². The first-order valence-corrected chi connectivity index (χ1v) is 11.6. The summed E-state index contributed by atoms with van der Waals surface area (Å²) in [4.78, 5) is 31.0. The summed E-state index contributed by atoms with van der Waals surface area (Å²) >= 11 is 1.40. The highest BCUT2D eigenvalue weighted by Crippen LogP contribution is 2.29. The first-order chi connectivity index (χ1) is 16.0. The van der Waals surface area contributed by atoms with E-state index in [9.17, 15) is 9.59 Å². The van der Waals surface area contributed by atoms with Gasteiger partial charge in [0, 0.05) is 23.4 Å². The van der Waals surface area contributed by atoms with Crippen molar-refractivity contribution < 1.29 is 14.3 Å². The number of nitrogens with zero attached hydrogens (tertiary/aromatic N) is 2. The molecule has 6 heteroatoms. The van der Waals surface area contributed by atoms with Gasteiger partial charge in [-0.25, -0.2) is 4.98 Å². The number of carbonyl (C=O) groups is 2. The second-order valence-electron chi connectivity index (χ2n) is 7.50. The van der Waals surface area contributed by atoms with Crippen LogP contribution in [0.3, 0.4) is 0 Å². The van der Waals surface area contributed by atoms with Crippen LogP contribution in [0.1, 0.15) is 41.0 Å². The van der Waals surface area contributed by atoms with Gasteiger partial charge in [-0.3, -0.25) is 14.5 Å². The zero-order valence-corrected chi connectivity index (χ0v) is 19.3. The molecule has 3 aromatic carbocycles. The summed E-state index contributed by atoms with van der Waals surface area (Å²) in [5.41, 5.74) is 4.00.